The van der Waals surface area contributed by atoms with Crippen LogP contribution in [-0.4, -0.2) is 11.7 Å². The Morgan fingerprint density at radius 3 is 2.40 bits per heavy atom. The van der Waals surface area contributed by atoms with Crippen molar-refractivity contribution in [2.75, 3.05) is 6.54 Å². The van der Waals surface area contributed by atoms with Crippen LogP contribution in [0.3, 0.4) is 0 Å². The summed E-state index contributed by atoms with van der Waals surface area (Å²) in [7, 11) is 0. The second-order valence-electron chi connectivity index (χ2n) is 4.82. The molecule has 2 rings (SSSR count). The monoisotopic (exact) mass is 277 g/mol. The van der Waals surface area contributed by atoms with E-state index in [0.717, 1.165) is 0 Å². The molecule has 106 valence electrons. The third-order valence-electron chi connectivity index (χ3n) is 3.48. The van der Waals surface area contributed by atoms with Crippen LogP contribution < -0.4 is 5.73 Å². The molecule has 0 aliphatic carbocycles. The third-order valence-corrected chi connectivity index (χ3v) is 3.48. The minimum atomic E-state index is -1.05. The van der Waals surface area contributed by atoms with E-state index >= 15 is 0 Å². The molecular weight excluding hydrogens is 260 g/mol. The highest BCUT2D eigenvalue weighted by molar-refractivity contribution is 5.30. The van der Waals surface area contributed by atoms with E-state index in [2.05, 4.69) is 0 Å². The van der Waals surface area contributed by atoms with E-state index in [1.807, 2.05) is 0 Å². The fourth-order valence-electron chi connectivity index (χ4n) is 2.23. The van der Waals surface area contributed by atoms with Crippen LogP contribution in [0.25, 0.3) is 0 Å². The van der Waals surface area contributed by atoms with Crippen molar-refractivity contribution in [2.24, 2.45) is 5.73 Å². The minimum absolute atomic E-state index is 0.0671. The molecule has 0 radical (unpaired) electrons. The van der Waals surface area contributed by atoms with Crippen molar-refractivity contribution in [3.8, 4) is 0 Å². The molecule has 0 aromatic heterocycles. The lowest BCUT2D eigenvalue weighted by molar-refractivity contribution is 0.145. The molecule has 3 N–H and O–H groups in total. The lowest BCUT2D eigenvalue weighted by Gasteiger charge is -2.23. The Balaban J connectivity index is 2.36. The van der Waals surface area contributed by atoms with Gasteiger partial charge in [0, 0.05) is 12.5 Å². The summed E-state index contributed by atoms with van der Waals surface area (Å²) in [4.78, 5) is 0. The van der Waals surface area contributed by atoms with Gasteiger partial charge in [-0.15, -0.1) is 0 Å². The molecule has 0 amide bonds. The molecule has 0 bridgehead atoms. The second kappa shape index (κ2) is 6.11. The van der Waals surface area contributed by atoms with Crippen LogP contribution in [-0.2, 0) is 0 Å². The van der Waals surface area contributed by atoms with Gasteiger partial charge in [-0.1, -0.05) is 30.3 Å². The highest BCUT2D eigenvalue weighted by Gasteiger charge is 2.24. The Labute approximate surface area is 116 Å². The Hall–Kier alpha value is -1.78. The summed E-state index contributed by atoms with van der Waals surface area (Å²) in [5, 5.41) is 10.4. The normalized spacial score (nSPS) is 14.1. The van der Waals surface area contributed by atoms with E-state index in [4.69, 9.17) is 5.73 Å². The zero-order chi connectivity index (χ0) is 14.7. The van der Waals surface area contributed by atoms with Crippen molar-refractivity contribution < 1.29 is 13.9 Å². The number of benzene rings is 2. The predicted molar refractivity (Wildman–Crippen MR) is 74.3 cm³/mol. The van der Waals surface area contributed by atoms with Crippen molar-refractivity contribution in [3.05, 3.63) is 70.8 Å². The second-order valence-corrected chi connectivity index (χ2v) is 4.82. The lowest BCUT2D eigenvalue weighted by Crippen LogP contribution is -2.21. The van der Waals surface area contributed by atoms with E-state index in [9.17, 15) is 13.9 Å². The van der Waals surface area contributed by atoms with E-state index < -0.39 is 23.7 Å². The van der Waals surface area contributed by atoms with Crippen molar-refractivity contribution in [1.29, 1.82) is 0 Å². The summed E-state index contributed by atoms with van der Waals surface area (Å²) < 4.78 is 27.4. The number of aryl methyl sites for hydroxylation is 1. The summed E-state index contributed by atoms with van der Waals surface area (Å²) in [6.07, 6.45) is -1.05. The number of hydrogen-bond donors (Lipinski definition) is 2. The molecule has 0 saturated carbocycles. The van der Waals surface area contributed by atoms with Crippen LogP contribution in [0.2, 0.25) is 0 Å². The summed E-state index contributed by atoms with van der Waals surface area (Å²) in [6.45, 7) is 1.71. The minimum Gasteiger partial charge on any atom is -0.388 e. The standard InChI is InChI=1S/C16H17F2NO/c1-10-6-7-11(8-15(10)18)16(20)13(9-19)12-4-2-3-5-14(12)17/h2-8,13,16,20H,9,19H2,1H3. The Bertz CT molecular complexity index is 601. The van der Waals surface area contributed by atoms with Crippen LogP contribution in [0.4, 0.5) is 8.78 Å². The third kappa shape index (κ3) is 2.86. The van der Waals surface area contributed by atoms with Gasteiger partial charge in [-0.3, -0.25) is 0 Å². The number of hydrogen-bond acceptors (Lipinski definition) is 2. The SMILES string of the molecule is Cc1ccc(C(O)C(CN)c2ccccc2F)cc1F. The van der Waals surface area contributed by atoms with Crippen LogP contribution in [0, 0.1) is 18.6 Å². The average Bonchev–Trinajstić information content (AvgIpc) is 2.44. The van der Waals surface area contributed by atoms with Crippen molar-refractivity contribution in [2.45, 2.75) is 18.9 Å². The summed E-state index contributed by atoms with van der Waals surface area (Å²) in [5.74, 6) is -1.43. The first-order chi connectivity index (χ1) is 9.54. The van der Waals surface area contributed by atoms with Gasteiger partial charge in [0.2, 0.25) is 0 Å². The molecule has 0 fully saturated rings. The fourth-order valence-corrected chi connectivity index (χ4v) is 2.23. The van der Waals surface area contributed by atoms with Crippen molar-refractivity contribution in [1.82, 2.24) is 0 Å². The Kier molecular flexibility index (Phi) is 4.47. The van der Waals surface area contributed by atoms with Gasteiger partial charge in [-0.2, -0.15) is 0 Å². The molecule has 20 heavy (non-hydrogen) atoms. The maximum atomic E-state index is 13.8. The topological polar surface area (TPSA) is 46.2 Å². The van der Waals surface area contributed by atoms with E-state index in [0.29, 0.717) is 16.7 Å². The van der Waals surface area contributed by atoms with E-state index in [1.165, 1.54) is 12.1 Å². The van der Waals surface area contributed by atoms with Crippen LogP contribution >= 0.6 is 0 Å². The van der Waals surface area contributed by atoms with Crippen molar-refractivity contribution >= 4 is 0 Å². The maximum absolute atomic E-state index is 13.8. The molecular formula is C16H17F2NO. The fraction of sp³-hybridized carbons (Fsp3) is 0.250. The maximum Gasteiger partial charge on any atom is 0.126 e. The predicted octanol–water partition coefficient (Wildman–Crippen LogP) is 3.05. The molecule has 2 aromatic carbocycles. The quantitative estimate of drug-likeness (QED) is 0.902. The molecule has 0 heterocycles. The molecule has 2 atom stereocenters. The first-order valence-corrected chi connectivity index (χ1v) is 6.43. The van der Waals surface area contributed by atoms with E-state index in [1.54, 1.807) is 37.3 Å². The zero-order valence-corrected chi connectivity index (χ0v) is 11.2. The molecule has 0 saturated heterocycles. The largest absolute Gasteiger partial charge is 0.388 e. The van der Waals surface area contributed by atoms with Crippen LogP contribution in [0.5, 0.6) is 0 Å². The van der Waals surface area contributed by atoms with Gasteiger partial charge in [-0.25, -0.2) is 8.78 Å². The first-order valence-electron chi connectivity index (χ1n) is 6.43. The van der Waals surface area contributed by atoms with Crippen molar-refractivity contribution in [3.63, 3.8) is 0 Å². The molecule has 2 nitrogen and oxygen atoms in total. The molecule has 0 aliphatic heterocycles. The lowest BCUT2D eigenvalue weighted by atomic mass is 9.88. The van der Waals surface area contributed by atoms with Gasteiger partial charge in [0.15, 0.2) is 0 Å². The number of halogens is 2. The summed E-state index contributed by atoms with van der Waals surface area (Å²) in [5.41, 5.74) is 6.89. The Morgan fingerprint density at radius 1 is 1.10 bits per heavy atom. The molecule has 0 spiro atoms. The van der Waals surface area contributed by atoms with Gasteiger partial charge in [0.1, 0.15) is 11.6 Å². The van der Waals surface area contributed by atoms with Gasteiger partial charge < -0.3 is 10.8 Å². The number of aliphatic hydroxyl groups is 1. The number of rotatable bonds is 4. The molecule has 4 heteroatoms. The smallest absolute Gasteiger partial charge is 0.126 e. The van der Waals surface area contributed by atoms with Gasteiger partial charge in [0.05, 0.1) is 6.10 Å². The Morgan fingerprint density at radius 2 is 1.80 bits per heavy atom. The molecule has 2 unspecified atom stereocenters. The van der Waals surface area contributed by atoms with Gasteiger partial charge in [-0.05, 0) is 35.7 Å². The van der Waals surface area contributed by atoms with Gasteiger partial charge in [0.25, 0.3) is 0 Å². The molecule has 0 aliphatic rings. The first kappa shape index (κ1) is 14.6. The summed E-state index contributed by atoms with van der Waals surface area (Å²) >= 11 is 0. The zero-order valence-electron chi connectivity index (χ0n) is 11.2. The van der Waals surface area contributed by atoms with Crippen LogP contribution in [0.15, 0.2) is 42.5 Å². The van der Waals surface area contributed by atoms with E-state index in [-0.39, 0.29) is 6.54 Å². The summed E-state index contributed by atoms with van der Waals surface area (Å²) in [6, 6.07) is 10.6. The van der Waals surface area contributed by atoms with Crippen LogP contribution in [0.1, 0.15) is 28.7 Å². The highest BCUT2D eigenvalue weighted by Crippen LogP contribution is 2.32. The van der Waals surface area contributed by atoms with Gasteiger partial charge >= 0.3 is 0 Å². The molecule has 2 aromatic rings. The number of aliphatic hydroxyl groups excluding tert-OH is 1. The highest BCUT2D eigenvalue weighted by atomic mass is 19.1. The number of nitrogens with two attached hydrogens (primary N) is 1. The average molecular weight is 277 g/mol.